The zero-order valence-corrected chi connectivity index (χ0v) is 12.1. The Morgan fingerprint density at radius 2 is 2.47 bits per heavy atom. The predicted molar refractivity (Wildman–Crippen MR) is 76.9 cm³/mol. The minimum absolute atomic E-state index is 0.116. The van der Waals surface area contributed by atoms with Crippen molar-refractivity contribution >= 4 is 36.3 Å². The topological polar surface area (TPSA) is 41.6 Å². The SMILES string of the molecule is C=C1NC(=O)C=CN1C1C=CC(COSI)C1. The first-order chi connectivity index (χ1) is 8.20. The number of hydrogen-bond acceptors (Lipinski definition) is 4. The van der Waals surface area contributed by atoms with E-state index >= 15 is 0 Å². The average Bonchev–Trinajstić information content (AvgIpc) is 2.75. The normalized spacial score (nSPS) is 27.7. The van der Waals surface area contributed by atoms with E-state index in [-0.39, 0.29) is 11.9 Å². The van der Waals surface area contributed by atoms with Crippen molar-refractivity contribution in [1.29, 1.82) is 0 Å². The van der Waals surface area contributed by atoms with E-state index in [2.05, 4.69) is 45.3 Å². The summed E-state index contributed by atoms with van der Waals surface area (Å²) in [4.78, 5) is 13.1. The van der Waals surface area contributed by atoms with Crippen LogP contribution in [0.5, 0.6) is 0 Å². The summed E-state index contributed by atoms with van der Waals surface area (Å²) < 4.78 is 5.32. The molecular weight excluding hydrogens is 351 g/mol. The quantitative estimate of drug-likeness (QED) is 0.473. The number of amides is 1. The molecule has 92 valence electrons. The van der Waals surface area contributed by atoms with Gasteiger partial charge >= 0.3 is 0 Å². The van der Waals surface area contributed by atoms with Gasteiger partial charge in [-0.15, -0.1) is 0 Å². The van der Waals surface area contributed by atoms with E-state index in [0.717, 1.165) is 13.0 Å². The number of halogens is 1. The van der Waals surface area contributed by atoms with Crippen molar-refractivity contribution in [1.82, 2.24) is 10.2 Å². The summed E-state index contributed by atoms with van der Waals surface area (Å²) in [7, 11) is 1.36. The van der Waals surface area contributed by atoms with Gasteiger partial charge in [-0.05, 0) is 6.42 Å². The molecule has 1 amide bonds. The third kappa shape index (κ3) is 3.26. The van der Waals surface area contributed by atoms with Gasteiger partial charge in [-0.2, -0.15) is 0 Å². The van der Waals surface area contributed by atoms with Crippen molar-refractivity contribution in [2.45, 2.75) is 12.5 Å². The van der Waals surface area contributed by atoms with E-state index < -0.39 is 0 Å². The molecule has 6 heteroatoms. The second-order valence-corrected chi connectivity index (χ2v) is 5.39. The summed E-state index contributed by atoms with van der Waals surface area (Å²) in [5.41, 5.74) is 0. The molecule has 1 N–H and O–H groups in total. The largest absolute Gasteiger partial charge is 0.328 e. The van der Waals surface area contributed by atoms with Crippen molar-refractivity contribution in [3.8, 4) is 0 Å². The van der Waals surface area contributed by atoms with E-state index in [1.807, 2.05) is 4.90 Å². The summed E-state index contributed by atoms with van der Waals surface area (Å²) in [5.74, 6) is 0.951. The van der Waals surface area contributed by atoms with E-state index in [9.17, 15) is 4.79 Å². The lowest BCUT2D eigenvalue weighted by Crippen LogP contribution is -2.39. The van der Waals surface area contributed by atoms with Gasteiger partial charge in [0.2, 0.25) is 0 Å². The van der Waals surface area contributed by atoms with E-state index in [1.54, 1.807) is 6.20 Å². The van der Waals surface area contributed by atoms with Crippen LogP contribution in [0.4, 0.5) is 0 Å². The second-order valence-electron chi connectivity index (χ2n) is 3.95. The predicted octanol–water partition coefficient (Wildman–Crippen LogP) is 2.36. The Morgan fingerprint density at radius 1 is 1.65 bits per heavy atom. The maximum Gasteiger partial charge on any atom is 0.250 e. The van der Waals surface area contributed by atoms with Crippen LogP contribution in [0.2, 0.25) is 0 Å². The zero-order chi connectivity index (χ0) is 12.3. The third-order valence-electron chi connectivity index (χ3n) is 2.80. The molecule has 0 bridgehead atoms. The van der Waals surface area contributed by atoms with Crippen molar-refractivity contribution < 1.29 is 8.98 Å². The third-order valence-corrected chi connectivity index (χ3v) is 3.79. The minimum Gasteiger partial charge on any atom is -0.328 e. The monoisotopic (exact) mass is 364 g/mol. The highest BCUT2D eigenvalue weighted by atomic mass is 127. The highest BCUT2D eigenvalue weighted by Crippen LogP contribution is 2.27. The van der Waals surface area contributed by atoms with Crippen LogP contribution in [-0.4, -0.2) is 23.5 Å². The standard InChI is InChI=1S/C11H13IN2O2S/c1-8-13-11(15)4-5-14(8)10-3-2-9(6-10)7-16-17-12/h2-5,9-10H,1,6-7H2,(H,13,15). The van der Waals surface area contributed by atoms with Gasteiger partial charge in [-0.1, -0.05) is 18.7 Å². The Morgan fingerprint density at radius 3 is 3.18 bits per heavy atom. The molecule has 0 spiro atoms. The molecule has 0 radical (unpaired) electrons. The molecule has 17 heavy (non-hydrogen) atoms. The molecule has 0 aromatic heterocycles. The summed E-state index contributed by atoms with van der Waals surface area (Å²) in [5, 5.41) is 2.70. The first-order valence-corrected chi connectivity index (χ1v) is 8.54. The molecule has 1 aliphatic heterocycles. The van der Waals surface area contributed by atoms with Crippen LogP contribution in [0.15, 0.2) is 36.8 Å². The Hall–Kier alpha value is -0.470. The lowest BCUT2D eigenvalue weighted by Gasteiger charge is -2.31. The van der Waals surface area contributed by atoms with Gasteiger partial charge in [0.1, 0.15) is 5.82 Å². The van der Waals surface area contributed by atoms with Crippen molar-refractivity contribution in [2.24, 2.45) is 5.92 Å². The molecule has 0 aromatic carbocycles. The fourth-order valence-corrected chi connectivity index (χ4v) is 2.66. The molecule has 0 saturated carbocycles. The van der Waals surface area contributed by atoms with Gasteiger partial charge in [-0.3, -0.25) is 4.79 Å². The maximum atomic E-state index is 11.1. The first-order valence-electron chi connectivity index (χ1n) is 5.25. The van der Waals surface area contributed by atoms with Crippen LogP contribution < -0.4 is 5.32 Å². The molecule has 2 rings (SSSR count). The van der Waals surface area contributed by atoms with Crippen LogP contribution in [0.25, 0.3) is 0 Å². The Balaban J connectivity index is 1.93. The van der Waals surface area contributed by atoms with Crippen LogP contribution in [0.1, 0.15) is 6.42 Å². The lowest BCUT2D eigenvalue weighted by atomic mass is 10.1. The molecule has 0 aromatic rings. The Labute approximate surface area is 117 Å². The highest BCUT2D eigenvalue weighted by molar-refractivity contribution is 14.2. The van der Waals surface area contributed by atoms with Gasteiger partial charge in [0.05, 0.1) is 21.9 Å². The molecule has 2 atom stereocenters. The molecule has 1 heterocycles. The summed E-state index contributed by atoms with van der Waals surface area (Å²) in [6.07, 6.45) is 8.59. The number of nitrogens with zero attached hydrogens (tertiary/aromatic N) is 1. The number of carbonyl (C=O) groups is 1. The first kappa shape index (κ1) is 13.0. The smallest absolute Gasteiger partial charge is 0.250 e. The van der Waals surface area contributed by atoms with Crippen LogP contribution in [0, 0.1) is 5.92 Å². The molecule has 4 nitrogen and oxygen atoms in total. The van der Waals surface area contributed by atoms with Crippen molar-refractivity contribution in [3.05, 3.63) is 36.8 Å². The van der Waals surface area contributed by atoms with Gasteiger partial charge in [0, 0.05) is 39.4 Å². The number of nitrogens with one attached hydrogen (secondary N) is 1. The van der Waals surface area contributed by atoms with Gasteiger partial charge < -0.3 is 14.4 Å². The molecule has 1 aliphatic carbocycles. The summed E-state index contributed by atoms with van der Waals surface area (Å²) in [6, 6.07) is 0.257. The van der Waals surface area contributed by atoms with Crippen LogP contribution >= 0.6 is 30.4 Å². The van der Waals surface area contributed by atoms with E-state index in [0.29, 0.717) is 11.7 Å². The number of carbonyl (C=O) groups excluding carboxylic acids is 1. The summed E-state index contributed by atoms with van der Waals surface area (Å²) >= 11 is 2.12. The van der Waals surface area contributed by atoms with Crippen LogP contribution in [0.3, 0.4) is 0 Å². The van der Waals surface area contributed by atoms with Gasteiger partial charge in [0.15, 0.2) is 0 Å². The second kappa shape index (κ2) is 5.92. The number of rotatable bonds is 4. The van der Waals surface area contributed by atoms with E-state index in [1.165, 1.54) is 15.3 Å². The fourth-order valence-electron chi connectivity index (χ4n) is 1.99. The van der Waals surface area contributed by atoms with E-state index in [4.69, 9.17) is 4.18 Å². The molecule has 0 saturated heterocycles. The Bertz CT molecular complexity index is 384. The zero-order valence-electron chi connectivity index (χ0n) is 9.14. The fraction of sp³-hybridized carbons (Fsp3) is 0.364. The molecule has 2 aliphatic rings. The summed E-state index contributed by atoms with van der Waals surface area (Å²) in [6.45, 7) is 4.57. The Kier molecular flexibility index (Phi) is 4.52. The van der Waals surface area contributed by atoms with Crippen molar-refractivity contribution in [2.75, 3.05) is 6.61 Å². The van der Waals surface area contributed by atoms with Gasteiger partial charge in [-0.25, -0.2) is 0 Å². The van der Waals surface area contributed by atoms with Crippen molar-refractivity contribution in [3.63, 3.8) is 0 Å². The molecular formula is C11H13IN2O2S. The van der Waals surface area contributed by atoms with Gasteiger partial charge in [0.25, 0.3) is 5.91 Å². The van der Waals surface area contributed by atoms with Crippen LogP contribution in [-0.2, 0) is 8.98 Å². The molecule has 2 unspecified atom stereocenters. The molecule has 0 fully saturated rings. The minimum atomic E-state index is -0.116. The highest BCUT2D eigenvalue weighted by Gasteiger charge is 2.26. The lowest BCUT2D eigenvalue weighted by molar-refractivity contribution is -0.116. The average molecular weight is 364 g/mol. The number of hydrogen-bond donors (Lipinski definition) is 1. The maximum absolute atomic E-state index is 11.1.